The molecule has 1 N–H and O–H groups in total. The van der Waals surface area contributed by atoms with Crippen LogP contribution < -0.4 is 5.32 Å². The van der Waals surface area contributed by atoms with Crippen LogP contribution in [0.1, 0.15) is 22.0 Å². The van der Waals surface area contributed by atoms with Crippen molar-refractivity contribution >= 4 is 5.78 Å². The van der Waals surface area contributed by atoms with Crippen LogP contribution in [0, 0.1) is 0 Å². The fraction of sp³-hybridized carbons (Fsp3) is 0.118. The Morgan fingerprint density at radius 2 is 1.70 bits per heavy atom. The second-order valence-electron chi connectivity index (χ2n) is 4.66. The minimum atomic E-state index is -0.0539. The van der Waals surface area contributed by atoms with Crippen LogP contribution in [0.25, 0.3) is 0 Å². The van der Waals surface area contributed by atoms with Crippen LogP contribution in [0.2, 0.25) is 0 Å². The highest BCUT2D eigenvalue weighted by Crippen LogP contribution is 2.21. The number of carbonyl (C=O) groups is 1. The molecule has 2 aromatic rings. The highest BCUT2D eigenvalue weighted by Gasteiger charge is 2.21. The molecule has 0 amide bonds. The van der Waals surface area contributed by atoms with E-state index in [1.165, 1.54) is 6.08 Å². The van der Waals surface area contributed by atoms with Gasteiger partial charge < -0.3 is 10.1 Å². The molecule has 0 bridgehead atoms. The summed E-state index contributed by atoms with van der Waals surface area (Å²) in [5.41, 5.74) is 1.82. The molecule has 1 aliphatic heterocycles. The third-order valence-corrected chi connectivity index (χ3v) is 3.24. The van der Waals surface area contributed by atoms with E-state index in [0.29, 0.717) is 18.1 Å². The first-order chi connectivity index (χ1) is 9.83. The predicted molar refractivity (Wildman–Crippen MR) is 77.1 cm³/mol. The molecule has 1 fully saturated rings. The minimum Gasteiger partial charge on any atom is -0.477 e. The van der Waals surface area contributed by atoms with E-state index in [-0.39, 0.29) is 11.8 Å². The highest BCUT2D eigenvalue weighted by atomic mass is 16.5. The summed E-state index contributed by atoms with van der Waals surface area (Å²) in [6.07, 6.45) is 1.51. The van der Waals surface area contributed by atoms with Crippen molar-refractivity contribution in [3.8, 4) is 0 Å². The van der Waals surface area contributed by atoms with E-state index in [1.54, 1.807) is 12.1 Å². The largest absolute Gasteiger partial charge is 0.477 e. The van der Waals surface area contributed by atoms with E-state index in [9.17, 15) is 4.79 Å². The summed E-state index contributed by atoms with van der Waals surface area (Å²) >= 11 is 0. The van der Waals surface area contributed by atoms with Crippen LogP contribution in [0.3, 0.4) is 0 Å². The van der Waals surface area contributed by atoms with E-state index in [1.807, 2.05) is 48.5 Å². The van der Waals surface area contributed by atoms with E-state index in [4.69, 9.17) is 4.74 Å². The van der Waals surface area contributed by atoms with Crippen molar-refractivity contribution in [3.05, 3.63) is 83.7 Å². The van der Waals surface area contributed by atoms with Gasteiger partial charge in [-0.1, -0.05) is 60.7 Å². The molecule has 3 rings (SSSR count). The molecule has 20 heavy (non-hydrogen) atoms. The number of ketones is 1. The zero-order valence-corrected chi connectivity index (χ0v) is 11.0. The number of allylic oxidation sites excluding steroid dienone is 1. The number of ether oxygens (including phenoxy) is 1. The van der Waals surface area contributed by atoms with E-state index < -0.39 is 0 Å². The molecule has 0 radical (unpaired) electrons. The predicted octanol–water partition coefficient (Wildman–Crippen LogP) is 3.07. The van der Waals surface area contributed by atoms with Crippen LogP contribution in [-0.4, -0.2) is 12.4 Å². The topological polar surface area (TPSA) is 38.3 Å². The first kappa shape index (κ1) is 12.5. The van der Waals surface area contributed by atoms with Gasteiger partial charge in [-0.3, -0.25) is 4.79 Å². The van der Waals surface area contributed by atoms with Gasteiger partial charge in [-0.15, -0.1) is 0 Å². The SMILES string of the molecule is O=C(/C=C1/N[C@@H](c2ccccc2)CO1)c1ccccc1. The Morgan fingerprint density at radius 3 is 2.40 bits per heavy atom. The van der Waals surface area contributed by atoms with Crippen LogP contribution in [0.5, 0.6) is 0 Å². The molecule has 1 aliphatic rings. The zero-order chi connectivity index (χ0) is 13.8. The molecule has 1 heterocycles. The molecule has 100 valence electrons. The van der Waals surface area contributed by atoms with Crippen LogP contribution in [0.15, 0.2) is 72.6 Å². The first-order valence-corrected chi connectivity index (χ1v) is 6.58. The quantitative estimate of drug-likeness (QED) is 0.684. The van der Waals surface area contributed by atoms with Crippen molar-refractivity contribution in [1.29, 1.82) is 0 Å². The van der Waals surface area contributed by atoms with Gasteiger partial charge in [0.2, 0.25) is 0 Å². The molecule has 1 saturated heterocycles. The smallest absolute Gasteiger partial charge is 0.191 e. The van der Waals surface area contributed by atoms with Gasteiger partial charge in [-0.25, -0.2) is 0 Å². The summed E-state index contributed by atoms with van der Waals surface area (Å²) in [7, 11) is 0. The summed E-state index contributed by atoms with van der Waals surface area (Å²) in [5.74, 6) is 0.481. The molecular weight excluding hydrogens is 250 g/mol. The molecular formula is C17H15NO2. The van der Waals surface area contributed by atoms with Crippen LogP contribution >= 0.6 is 0 Å². The number of hydrogen-bond donors (Lipinski definition) is 1. The fourth-order valence-electron chi connectivity index (χ4n) is 2.18. The summed E-state index contributed by atoms with van der Waals surface area (Å²) in [5, 5.41) is 3.23. The van der Waals surface area contributed by atoms with Crippen molar-refractivity contribution in [3.63, 3.8) is 0 Å². The van der Waals surface area contributed by atoms with Crippen molar-refractivity contribution < 1.29 is 9.53 Å². The summed E-state index contributed by atoms with van der Waals surface area (Å²) in [4.78, 5) is 12.0. The van der Waals surface area contributed by atoms with Gasteiger partial charge in [0.05, 0.1) is 6.04 Å². The van der Waals surface area contributed by atoms with Gasteiger partial charge in [0, 0.05) is 11.6 Å². The van der Waals surface area contributed by atoms with Crippen LogP contribution in [-0.2, 0) is 4.74 Å². The van der Waals surface area contributed by atoms with Crippen LogP contribution in [0.4, 0.5) is 0 Å². The van der Waals surface area contributed by atoms with Gasteiger partial charge in [0.25, 0.3) is 0 Å². The molecule has 2 aromatic carbocycles. The van der Waals surface area contributed by atoms with Gasteiger partial charge in [0.1, 0.15) is 6.61 Å². The molecule has 1 atom stereocenters. The number of benzene rings is 2. The fourth-order valence-corrected chi connectivity index (χ4v) is 2.18. The normalized spacial score (nSPS) is 19.4. The maximum absolute atomic E-state index is 12.0. The van der Waals surface area contributed by atoms with E-state index in [2.05, 4.69) is 5.32 Å². The molecule has 0 saturated carbocycles. The third-order valence-electron chi connectivity index (χ3n) is 3.24. The highest BCUT2D eigenvalue weighted by molar-refractivity contribution is 6.04. The summed E-state index contributed by atoms with van der Waals surface area (Å²) < 4.78 is 5.54. The Bertz CT molecular complexity index is 620. The van der Waals surface area contributed by atoms with Gasteiger partial charge in [-0.2, -0.15) is 0 Å². The lowest BCUT2D eigenvalue weighted by molar-refractivity contribution is 0.104. The van der Waals surface area contributed by atoms with Gasteiger partial charge >= 0.3 is 0 Å². The summed E-state index contributed by atoms with van der Waals surface area (Å²) in [6.45, 7) is 0.540. The molecule has 0 aliphatic carbocycles. The van der Waals surface area contributed by atoms with Crippen molar-refractivity contribution in [1.82, 2.24) is 5.32 Å². The Morgan fingerprint density at radius 1 is 1.05 bits per heavy atom. The first-order valence-electron chi connectivity index (χ1n) is 6.58. The minimum absolute atomic E-state index is 0.0539. The lowest BCUT2D eigenvalue weighted by atomic mass is 10.1. The van der Waals surface area contributed by atoms with Crippen molar-refractivity contribution in [2.24, 2.45) is 0 Å². The monoisotopic (exact) mass is 265 g/mol. The standard InChI is InChI=1S/C17H15NO2/c19-16(14-9-5-2-6-10-14)11-17-18-15(12-20-17)13-7-3-1-4-8-13/h1-11,15,18H,12H2/b17-11-/t15-/m1/s1. The second kappa shape index (κ2) is 5.61. The molecule has 0 spiro atoms. The van der Waals surface area contributed by atoms with E-state index in [0.717, 1.165) is 5.56 Å². The zero-order valence-electron chi connectivity index (χ0n) is 11.0. The number of hydrogen-bond acceptors (Lipinski definition) is 3. The Hall–Kier alpha value is -2.55. The van der Waals surface area contributed by atoms with E-state index >= 15 is 0 Å². The number of nitrogens with one attached hydrogen (secondary N) is 1. The molecule has 0 unspecified atom stereocenters. The average molecular weight is 265 g/mol. The summed E-state index contributed by atoms with van der Waals surface area (Å²) in [6, 6.07) is 19.3. The lowest BCUT2D eigenvalue weighted by Crippen LogP contribution is -2.14. The molecule has 3 nitrogen and oxygen atoms in total. The van der Waals surface area contributed by atoms with Gasteiger partial charge in [0.15, 0.2) is 11.7 Å². The number of carbonyl (C=O) groups excluding carboxylic acids is 1. The van der Waals surface area contributed by atoms with Gasteiger partial charge in [-0.05, 0) is 5.56 Å². The van der Waals surface area contributed by atoms with Crippen molar-refractivity contribution in [2.75, 3.05) is 6.61 Å². The lowest BCUT2D eigenvalue weighted by Gasteiger charge is -2.07. The molecule has 3 heteroatoms. The van der Waals surface area contributed by atoms with Crippen molar-refractivity contribution in [2.45, 2.75) is 6.04 Å². The number of rotatable bonds is 3. The molecule has 0 aromatic heterocycles. The second-order valence-corrected chi connectivity index (χ2v) is 4.66. The average Bonchev–Trinajstić information content (AvgIpc) is 2.97. The Balaban J connectivity index is 1.71. The maximum Gasteiger partial charge on any atom is 0.191 e. The Kier molecular flexibility index (Phi) is 3.50. The Labute approximate surface area is 117 Å². The third kappa shape index (κ3) is 2.72. The maximum atomic E-state index is 12.0.